The number of hydrogen-bond donors (Lipinski definition) is 3. The first-order valence-corrected chi connectivity index (χ1v) is 7.61. The molecule has 2 unspecified atom stereocenters. The van der Waals surface area contributed by atoms with Gasteiger partial charge in [-0.05, 0) is 25.5 Å². The Kier molecular flexibility index (Phi) is 5.87. The fraction of sp³-hybridized carbons (Fsp3) is 0.278. The molecule has 0 spiro atoms. The monoisotopic (exact) mass is 334 g/mol. The molecule has 0 bridgehead atoms. The van der Waals surface area contributed by atoms with Crippen molar-refractivity contribution in [1.29, 1.82) is 0 Å². The zero-order valence-corrected chi connectivity index (χ0v) is 13.5. The number of benzene rings is 2. The molecule has 0 aliphatic rings. The van der Waals surface area contributed by atoms with Crippen LogP contribution < -0.4 is 10.6 Å². The molecule has 6 heteroatoms. The predicted octanol–water partition coefficient (Wildman–Crippen LogP) is 3.37. The maximum Gasteiger partial charge on any atom is 0.315 e. The number of carbonyl (C=O) groups excluding carboxylic acids is 1. The van der Waals surface area contributed by atoms with Gasteiger partial charge in [-0.3, -0.25) is 0 Å². The first-order chi connectivity index (χ1) is 11.4. The Morgan fingerprint density at radius 2 is 1.83 bits per heavy atom. The van der Waals surface area contributed by atoms with Crippen molar-refractivity contribution in [3.05, 3.63) is 70.8 Å². The summed E-state index contributed by atoms with van der Waals surface area (Å²) < 4.78 is 26.9. The van der Waals surface area contributed by atoms with Crippen LogP contribution in [0.2, 0.25) is 0 Å². The standard InChI is InChI=1S/C18H20F2N2O2/c1-11-6-8-13(9-7-11)16(23)10-21-18(24)22-12(2)14-4-3-5-15(19)17(14)20/h3-9,12,16,23H,10H2,1-2H3,(H2,21,22,24). The number of aliphatic hydroxyl groups is 1. The number of nitrogens with one attached hydrogen (secondary N) is 2. The molecule has 0 aromatic heterocycles. The number of hydrogen-bond acceptors (Lipinski definition) is 2. The number of aryl methyl sites for hydroxylation is 1. The highest BCUT2D eigenvalue weighted by Gasteiger charge is 2.16. The molecule has 0 heterocycles. The summed E-state index contributed by atoms with van der Waals surface area (Å²) in [5, 5.41) is 15.1. The Bertz CT molecular complexity index is 705. The van der Waals surface area contributed by atoms with Crippen molar-refractivity contribution in [3.63, 3.8) is 0 Å². The number of amides is 2. The maximum absolute atomic E-state index is 13.7. The number of urea groups is 1. The van der Waals surface area contributed by atoms with E-state index in [1.54, 1.807) is 19.1 Å². The van der Waals surface area contributed by atoms with Crippen LogP contribution in [0.3, 0.4) is 0 Å². The molecule has 2 aromatic carbocycles. The van der Waals surface area contributed by atoms with Crippen molar-refractivity contribution in [1.82, 2.24) is 10.6 Å². The summed E-state index contributed by atoms with van der Waals surface area (Å²) in [5.41, 5.74) is 1.82. The highest BCUT2D eigenvalue weighted by Crippen LogP contribution is 2.19. The van der Waals surface area contributed by atoms with Gasteiger partial charge in [-0.2, -0.15) is 0 Å². The number of carbonyl (C=O) groups is 1. The number of halogens is 2. The van der Waals surface area contributed by atoms with E-state index in [0.717, 1.165) is 11.6 Å². The van der Waals surface area contributed by atoms with E-state index >= 15 is 0 Å². The Morgan fingerprint density at radius 1 is 1.17 bits per heavy atom. The summed E-state index contributed by atoms with van der Waals surface area (Å²) in [4.78, 5) is 11.9. The Balaban J connectivity index is 1.88. The molecule has 0 aliphatic carbocycles. The molecule has 128 valence electrons. The van der Waals surface area contributed by atoms with Gasteiger partial charge in [-0.1, -0.05) is 42.0 Å². The lowest BCUT2D eigenvalue weighted by molar-refractivity contribution is 0.172. The molecular weight excluding hydrogens is 314 g/mol. The van der Waals surface area contributed by atoms with Crippen LogP contribution in [0, 0.1) is 18.6 Å². The third-order valence-corrected chi connectivity index (χ3v) is 3.71. The van der Waals surface area contributed by atoms with Gasteiger partial charge in [0.1, 0.15) is 0 Å². The van der Waals surface area contributed by atoms with Crippen LogP contribution in [0.4, 0.5) is 13.6 Å². The third-order valence-electron chi connectivity index (χ3n) is 3.71. The number of aliphatic hydroxyl groups excluding tert-OH is 1. The molecule has 0 fully saturated rings. The lowest BCUT2D eigenvalue weighted by Gasteiger charge is -2.17. The summed E-state index contributed by atoms with van der Waals surface area (Å²) in [7, 11) is 0. The molecule has 0 saturated carbocycles. The topological polar surface area (TPSA) is 61.4 Å². The lowest BCUT2D eigenvalue weighted by atomic mass is 10.1. The molecule has 2 aromatic rings. The van der Waals surface area contributed by atoms with E-state index in [0.29, 0.717) is 5.56 Å². The molecule has 3 N–H and O–H groups in total. The minimum atomic E-state index is -0.981. The first-order valence-electron chi connectivity index (χ1n) is 7.61. The average molecular weight is 334 g/mol. The summed E-state index contributed by atoms with van der Waals surface area (Å²) in [6.45, 7) is 3.50. The van der Waals surface area contributed by atoms with Crippen LogP contribution in [0.15, 0.2) is 42.5 Å². The van der Waals surface area contributed by atoms with Crippen molar-refractivity contribution in [2.24, 2.45) is 0 Å². The minimum absolute atomic E-state index is 0.00719. The quantitative estimate of drug-likeness (QED) is 0.785. The van der Waals surface area contributed by atoms with Gasteiger partial charge in [0.2, 0.25) is 0 Å². The van der Waals surface area contributed by atoms with Gasteiger partial charge < -0.3 is 15.7 Å². The van der Waals surface area contributed by atoms with Crippen LogP contribution >= 0.6 is 0 Å². The van der Waals surface area contributed by atoms with Gasteiger partial charge in [0.15, 0.2) is 11.6 Å². The molecule has 0 radical (unpaired) electrons. The first kappa shape index (κ1) is 17.9. The van der Waals surface area contributed by atoms with Gasteiger partial charge in [-0.15, -0.1) is 0 Å². The molecule has 2 atom stereocenters. The Morgan fingerprint density at radius 3 is 2.50 bits per heavy atom. The smallest absolute Gasteiger partial charge is 0.315 e. The van der Waals surface area contributed by atoms with E-state index in [2.05, 4.69) is 10.6 Å². The second kappa shape index (κ2) is 7.88. The second-order valence-electron chi connectivity index (χ2n) is 5.65. The minimum Gasteiger partial charge on any atom is -0.387 e. The molecule has 0 saturated heterocycles. The normalized spacial score (nSPS) is 13.2. The largest absolute Gasteiger partial charge is 0.387 e. The van der Waals surface area contributed by atoms with Gasteiger partial charge >= 0.3 is 6.03 Å². The number of rotatable bonds is 5. The SMILES string of the molecule is Cc1ccc(C(O)CNC(=O)NC(C)c2cccc(F)c2F)cc1. The van der Waals surface area contributed by atoms with Crippen LogP contribution in [0.1, 0.15) is 35.8 Å². The fourth-order valence-corrected chi connectivity index (χ4v) is 2.28. The average Bonchev–Trinajstić information content (AvgIpc) is 2.55. The highest BCUT2D eigenvalue weighted by atomic mass is 19.2. The summed E-state index contributed by atoms with van der Waals surface area (Å²) in [6.07, 6.45) is -0.849. The molecule has 0 aliphatic heterocycles. The van der Waals surface area contributed by atoms with E-state index < -0.39 is 29.8 Å². The van der Waals surface area contributed by atoms with Crippen molar-refractivity contribution in [2.75, 3.05) is 6.54 Å². The predicted molar refractivity (Wildman–Crippen MR) is 87.4 cm³/mol. The molecule has 24 heavy (non-hydrogen) atoms. The summed E-state index contributed by atoms with van der Waals surface area (Å²) in [6, 6.07) is 9.82. The third kappa shape index (κ3) is 4.52. The van der Waals surface area contributed by atoms with Crippen molar-refractivity contribution in [2.45, 2.75) is 26.0 Å². The van der Waals surface area contributed by atoms with E-state index in [9.17, 15) is 18.7 Å². The zero-order valence-electron chi connectivity index (χ0n) is 13.5. The van der Waals surface area contributed by atoms with Crippen LogP contribution in [0.25, 0.3) is 0 Å². The Labute approximate surface area is 139 Å². The summed E-state index contributed by atoms with van der Waals surface area (Å²) in [5.74, 6) is -1.94. The molecule has 2 rings (SSSR count). The van der Waals surface area contributed by atoms with Crippen LogP contribution in [-0.4, -0.2) is 17.7 Å². The van der Waals surface area contributed by atoms with Crippen LogP contribution in [0.5, 0.6) is 0 Å². The summed E-state index contributed by atoms with van der Waals surface area (Å²) >= 11 is 0. The van der Waals surface area contributed by atoms with Gasteiger partial charge in [0, 0.05) is 12.1 Å². The zero-order chi connectivity index (χ0) is 17.7. The van der Waals surface area contributed by atoms with E-state index in [1.807, 2.05) is 19.1 Å². The van der Waals surface area contributed by atoms with Crippen molar-refractivity contribution in [3.8, 4) is 0 Å². The van der Waals surface area contributed by atoms with Gasteiger partial charge in [0.05, 0.1) is 12.1 Å². The molecular formula is C18H20F2N2O2. The van der Waals surface area contributed by atoms with E-state index in [4.69, 9.17) is 0 Å². The van der Waals surface area contributed by atoms with Gasteiger partial charge in [-0.25, -0.2) is 13.6 Å². The van der Waals surface area contributed by atoms with E-state index in [-0.39, 0.29) is 12.1 Å². The maximum atomic E-state index is 13.7. The fourth-order valence-electron chi connectivity index (χ4n) is 2.28. The highest BCUT2D eigenvalue weighted by molar-refractivity contribution is 5.74. The molecule has 4 nitrogen and oxygen atoms in total. The lowest BCUT2D eigenvalue weighted by Crippen LogP contribution is -2.39. The second-order valence-corrected chi connectivity index (χ2v) is 5.65. The van der Waals surface area contributed by atoms with Crippen molar-refractivity contribution < 1.29 is 18.7 Å². The van der Waals surface area contributed by atoms with Gasteiger partial charge in [0.25, 0.3) is 0 Å². The Hall–Kier alpha value is -2.47. The molecule has 2 amide bonds. The van der Waals surface area contributed by atoms with Crippen molar-refractivity contribution >= 4 is 6.03 Å². The van der Waals surface area contributed by atoms with Crippen LogP contribution in [-0.2, 0) is 0 Å². The van der Waals surface area contributed by atoms with E-state index in [1.165, 1.54) is 12.1 Å².